The van der Waals surface area contributed by atoms with E-state index >= 15 is 0 Å². The Balaban J connectivity index is 1.82. The predicted molar refractivity (Wildman–Crippen MR) is 53.0 cm³/mol. The van der Waals surface area contributed by atoms with Crippen LogP contribution in [0.2, 0.25) is 0 Å². The Morgan fingerprint density at radius 3 is 2.69 bits per heavy atom. The Morgan fingerprint density at radius 1 is 1.50 bits per heavy atom. The van der Waals surface area contributed by atoms with Crippen molar-refractivity contribution >= 4 is 5.97 Å². The van der Waals surface area contributed by atoms with Crippen LogP contribution in [0.5, 0.6) is 0 Å². The quantitative estimate of drug-likeness (QED) is 0.700. The molecule has 0 aliphatic heterocycles. The molecule has 5 unspecified atom stereocenters. The molecule has 5 heteroatoms. The molecule has 0 aromatic carbocycles. The summed E-state index contributed by atoms with van der Waals surface area (Å²) in [6.07, 6.45) is 2.41. The first kappa shape index (κ1) is 11.8. The molecule has 0 radical (unpaired) electrons. The van der Waals surface area contributed by atoms with Gasteiger partial charge in [0.25, 0.3) is 0 Å². The van der Waals surface area contributed by atoms with Crippen molar-refractivity contribution in [1.29, 1.82) is 0 Å². The van der Waals surface area contributed by atoms with Crippen molar-refractivity contribution < 1.29 is 24.1 Å². The SMILES string of the molecule is CC(O)(F)C(=O)OCC1CC2CC(O)C1C2. The van der Waals surface area contributed by atoms with Gasteiger partial charge in [0, 0.05) is 6.92 Å². The van der Waals surface area contributed by atoms with Crippen molar-refractivity contribution in [2.75, 3.05) is 6.61 Å². The molecule has 0 aromatic rings. The van der Waals surface area contributed by atoms with Crippen molar-refractivity contribution in [3.63, 3.8) is 0 Å². The highest BCUT2D eigenvalue weighted by Crippen LogP contribution is 2.48. The van der Waals surface area contributed by atoms with Gasteiger partial charge in [-0.05, 0) is 37.0 Å². The summed E-state index contributed by atoms with van der Waals surface area (Å²) >= 11 is 0. The van der Waals surface area contributed by atoms with E-state index in [4.69, 9.17) is 9.84 Å². The molecule has 0 saturated heterocycles. The Labute approximate surface area is 93.4 Å². The number of rotatable bonds is 3. The minimum absolute atomic E-state index is 0.0944. The summed E-state index contributed by atoms with van der Waals surface area (Å²) < 4.78 is 17.5. The van der Waals surface area contributed by atoms with Crippen LogP contribution in [0.25, 0.3) is 0 Å². The van der Waals surface area contributed by atoms with Gasteiger partial charge in [-0.15, -0.1) is 0 Å². The molecule has 2 bridgehead atoms. The molecule has 0 amide bonds. The molecule has 5 atom stereocenters. The number of halogens is 1. The minimum atomic E-state index is -2.92. The van der Waals surface area contributed by atoms with E-state index in [2.05, 4.69) is 0 Å². The number of aliphatic hydroxyl groups is 2. The maximum Gasteiger partial charge on any atom is 0.371 e. The number of alkyl halides is 1. The van der Waals surface area contributed by atoms with Crippen LogP contribution in [0.3, 0.4) is 0 Å². The highest BCUT2D eigenvalue weighted by molar-refractivity contribution is 5.76. The number of hydrogen-bond acceptors (Lipinski definition) is 4. The normalized spacial score (nSPS) is 40.8. The average molecular weight is 232 g/mol. The Bertz CT molecular complexity index is 286. The van der Waals surface area contributed by atoms with Gasteiger partial charge in [0.15, 0.2) is 0 Å². The molecule has 2 fully saturated rings. The van der Waals surface area contributed by atoms with Gasteiger partial charge in [-0.25, -0.2) is 4.79 Å². The summed E-state index contributed by atoms with van der Waals surface area (Å²) in [6, 6.07) is 0. The second kappa shape index (κ2) is 3.96. The molecule has 2 rings (SSSR count). The number of aliphatic hydroxyl groups excluding tert-OH is 1. The fourth-order valence-corrected chi connectivity index (χ4v) is 2.96. The van der Waals surface area contributed by atoms with Gasteiger partial charge in [0.05, 0.1) is 12.7 Å². The van der Waals surface area contributed by atoms with E-state index in [0.717, 1.165) is 26.2 Å². The molecule has 2 saturated carbocycles. The Morgan fingerprint density at radius 2 is 2.19 bits per heavy atom. The number of fused-ring (bicyclic) bond motifs is 2. The fourth-order valence-electron chi connectivity index (χ4n) is 2.96. The van der Waals surface area contributed by atoms with E-state index in [-0.39, 0.29) is 24.5 Å². The van der Waals surface area contributed by atoms with Crippen molar-refractivity contribution in [3.8, 4) is 0 Å². The summed E-state index contributed by atoms with van der Waals surface area (Å²) in [5.41, 5.74) is 0. The molecule has 92 valence electrons. The molecule has 0 heterocycles. The molecule has 4 nitrogen and oxygen atoms in total. The third-order valence-corrected chi connectivity index (χ3v) is 3.72. The third kappa shape index (κ3) is 2.20. The highest BCUT2D eigenvalue weighted by atomic mass is 19.2. The van der Waals surface area contributed by atoms with Crippen molar-refractivity contribution in [2.45, 2.75) is 38.1 Å². The number of carbonyl (C=O) groups is 1. The number of hydrogen-bond donors (Lipinski definition) is 2. The van der Waals surface area contributed by atoms with Crippen LogP contribution in [0.4, 0.5) is 4.39 Å². The molecule has 0 aromatic heterocycles. The zero-order chi connectivity index (χ0) is 11.9. The van der Waals surface area contributed by atoms with E-state index in [1.54, 1.807) is 0 Å². The first-order valence-electron chi connectivity index (χ1n) is 5.64. The zero-order valence-electron chi connectivity index (χ0n) is 9.23. The lowest BCUT2D eigenvalue weighted by Gasteiger charge is -2.26. The minimum Gasteiger partial charge on any atom is -0.461 e. The summed E-state index contributed by atoms with van der Waals surface area (Å²) in [5, 5.41) is 18.4. The van der Waals surface area contributed by atoms with Crippen LogP contribution in [0.1, 0.15) is 26.2 Å². The summed E-state index contributed by atoms with van der Waals surface area (Å²) in [4.78, 5) is 11.0. The smallest absolute Gasteiger partial charge is 0.371 e. The third-order valence-electron chi connectivity index (χ3n) is 3.72. The van der Waals surface area contributed by atoms with Crippen LogP contribution in [-0.2, 0) is 9.53 Å². The van der Waals surface area contributed by atoms with Gasteiger partial charge >= 0.3 is 11.8 Å². The first-order chi connectivity index (χ1) is 7.38. The lowest BCUT2D eigenvalue weighted by molar-refractivity contribution is -0.184. The van der Waals surface area contributed by atoms with Crippen molar-refractivity contribution in [2.24, 2.45) is 17.8 Å². The van der Waals surface area contributed by atoms with E-state index in [1.165, 1.54) is 0 Å². The van der Waals surface area contributed by atoms with Crippen LogP contribution >= 0.6 is 0 Å². The van der Waals surface area contributed by atoms with E-state index in [0.29, 0.717) is 5.92 Å². The van der Waals surface area contributed by atoms with E-state index in [9.17, 15) is 14.3 Å². The van der Waals surface area contributed by atoms with Gasteiger partial charge in [-0.2, -0.15) is 4.39 Å². The van der Waals surface area contributed by atoms with Crippen LogP contribution in [-0.4, -0.2) is 34.7 Å². The molecular formula is C11H17FO4. The van der Waals surface area contributed by atoms with Gasteiger partial charge in [-0.3, -0.25) is 0 Å². The van der Waals surface area contributed by atoms with Crippen LogP contribution in [0.15, 0.2) is 0 Å². The van der Waals surface area contributed by atoms with E-state index in [1.807, 2.05) is 0 Å². The molecular weight excluding hydrogens is 215 g/mol. The summed E-state index contributed by atoms with van der Waals surface area (Å²) in [5.74, 6) is -3.38. The first-order valence-corrected chi connectivity index (χ1v) is 5.64. The van der Waals surface area contributed by atoms with Crippen molar-refractivity contribution in [1.82, 2.24) is 0 Å². The lowest BCUT2D eigenvalue weighted by atomic mass is 9.87. The fraction of sp³-hybridized carbons (Fsp3) is 0.909. The Kier molecular flexibility index (Phi) is 2.92. The second-order valence-electron chi connectivity index (χ2n) is 5.12. The molecule has 2 aliphatic rings. The molecule has 2 N–H and O–H groups in total. The average Bonchev–Trinajstić information content (AvgIpc) is 2.70. The zero-order valence-corrected chi connectivity index (χ0v) is 9.23. The largest absolute Gasteiger partial charge is 0.461 e. The number of ether oxygens (including phenoxy) is 1. The van der Waals surface area contributed by atoms with Gasteiger partial charge in [0.2, 0.25) is 0 Å². The van der Waals surface area contributed by atoms with Crippen molar-refractivity contribution in [3.05, 3.63) is 0 Å². The highest BCUT2D eigenvalue weighted by Gasteiger charge is 2.46. The van der Waals surface area contributed by atoms with E-state index < -0.39 is 11.8 Å². The predicted octanol–water partition coefficient (Wildman–Crippen LogP) is 0.615. The summed E-state index contributed by atoms with van der Waals surface area (Å²) in [6.45, 7) is 0.849. The molecule has 16 heavy (non-hydrogen) atoms. The van der Waals surface area contributed by atoms with Gasteiger partial charge in [-0.1, -0.05) is 0 Å². The molecule has 0 spiro atoms. The van der Waals surface area contributed by atoms with Gasteiger partial charge < -0.3 is 14.9 Å². The maximum absolute atomic E-state index is 12.8. The Hall–Kier alpha value is -0.680. The van der Waals surface area contributed by atoms with Crippen LogP contribution < -0.4 is 0 Å². The topological polar surface area (TPSA) is 66.8 Å². The second-order valence-corrected chi connectivity index (χ2v) is 5.12. The monoisotopic (exact) mass is 232 g/mol. The number of carbonyl (C=O) groups excluding carboxylic acids is 1. The maximum atomic E-state index is 12.8. The molecule has 2 aliphatic carbocycles. The summed E-state index contributed by atoms with van der Waals surface area (Å²) in [7, 11) is 0. The van der Waals surface area contributed by atoms with Gasteiger partial charge in [0.1, 0.15) is 0 Å². The standard InChI is InChI=1S/C11H17FO4/c1-11(12,15)10(14)16-5-7-2-6-3-8(7)9(13)4-6/h6-9,13,15H,2-5H2,1H3. The van der Waals surface area contributed by atoms with Crippen LogP contribution in [0, 0.1) is 17.8 Å². The number of esters is 1. The lowest BCUT2D eigenvalue weighted by Crippen LogP contribution is -2.35.